The molecular formula is C69H87F4N15O19. The van der Waals surface area contributed by atoms with E-state index < -0.39 is 152 Å². The molecule has 4 amide bonds. The number of hydrogen-bond acceptors (Lipinski definition) is 27. The number of fused-ring (bicyclic) bond motifs is 2. The molecule has 9 rings (SSSR count). The van der Waals surface area contributed by atoms with Crippen LogP contribution in [0.4, 0.5) is 40.3 Å². The molecular weight excluding hydrogens is 1420 g/mol. The van der Waals surface area contributed by atoms with Gasteiger partial charge in [0, 0.05) is 127 Å². The number of carboxylic acids is 3. The van der Waals surface area contributed by atoms with Crippen molar-refractivity contribution < 1.29 is 91.2 Å². The van der Waals surface area contributed by atoms with Gasteiger partial charge in [0.2, 0.25) is 17.7 Å². The van der Waals surface area contributed by atoms with Crippen LogP contribution in [0, 0.1) is 0 Å². The van der Waals surface area contributed by atoms with Crippen molar-refractivity contribution in [1.29, 1.82) is 0 Å². The molecule has 3 fully saturated rings. The minimum absolute atomic E-state index is 0.0178. The number of aromatic nitrogens is 2. The number of carboxylic acid groups (broad SMARTS) is 3. The van der Waals surface area contributed by atoms with Gasteiger partial charge in [0.15, 0.2) is 0 Å². The average Bonchev–Trinajstić information content (AvgIpc) is 1.80. The van der Waals surface area contributed by atoms with E-state index in [-0.39, 0.29) is 146 Å². The molecule has 4 atom stereocenters. The van der Waals surface area contributed by atoms with Gasteiger partial charge in [-0.1, -0.05) is 0 Å². The van der Waals surface area contributed by atoms with Gasteiger partial charge < -0.3 is 81.8 Å². The van der Waals surface area contributed by atoms with Crippen LogP contribution in [0.5, 0.6) is 11.5 Å². The fraction of sp³-hybridized carbons (Fsp3) is 0.522. The van der Waals surface area contributed by atoms with Gasteiger partial charge in [-0.15, -0.1) is 0 Å². The van der Waals surface area contributed by atoms with Crippen LogP contribution in [-0.4, -0.2) is 286 Å². The minimum Gasteiger partial charge on any atom is -0.494 e. The number of ether oxygens (including phenoxy) is 2. The number of aliphatic hydroxyl groups excluding tert-OH is 3. The molecule has 13 N–H and O–H groups in total. The highest BCUT2D eigenvalue weighted by Gasteiger charge is 2.47. The van der Waals surface area contributed by atoms with Crippen LogP contribution in [0.3, 0.4) is 0 Å². The zero-order valence-electron chi connectivity index (χ0n) is 58.4. The number of halogens is 4. The Hall–Kier alpha value is -10.1. The Labute approximate surface area is 608 Å². The molecule has 2 aromatic heterocycles. The maximum atomic E-state index is 13.7. The fourth-order valence-electron chi connectivity index (χ4n) is 12.8. The van der Waals surface area contributed by atoms with Gasteiger partial charge >= 0.3 is 17.9 Å². The molecule has 0 saturated carbocycles. The molecule has 0 aliphatic carbocycles. The number of aliphatic hydroxyl groups is 3. The number of pyridine rings is 2. The van der Waals surface area contributed by atoms with Crippen LogP contribution in [0.15, 0.2) is 80.1 Å². The molecule has 0 bridgehead atoms. The third kappa shape index (κ3) is 22.5. The van der Waals surface area contributed by atoms with Gasteiger partial charge in [-0.2, -0.15) is 0 Å². The predicted octanol–water partition coefficient (Wildman–Crippen LogP) is -0.536. The predicted molar refractivity (Wildman–Crippen MR) is 379 cm³/mol. The average molecular weight is 1510 g/mol. The molecule has 34 nitrogen and oxygen atoms in total. The second kappa shape index (κ2) is 37.4. The summed E-state index contributed by atoms with van der Waals surface area (Å²) in [6.07, 6.45) is -2.14. The zero-order valence-corrected chi connectivity index (χ0v) is 58.4. The molecule has 580 valence electrons. The number of likely N-dealkylation sites (tertiary alicyclic amines) is 2. The Morgan fingerprint density at radius 3 is 1.52 bits per heavy atom. The van der Waals surface area contributed by atoms with Gasteiger partial charge in [0.25, 0.3) is 39.5 Å². The maximum absolute atomic E-state index is 13.7. The highest BCUT2D eigenvalue weighted by Crippen LogP contribution is 2.33. The van der Waals surface area contributed by atoms with Crippen molar-refractivity contribution in [3.05, 3.63) is 113 Å². The number of unbranched alkanes of at least 4 members (excludes halogenated alkanes) is 2. The molecule has 2 unspecified atom stereocenters. The fourth-order valence-corrected chi connectivity index (χ4v) is 12.8. The summed E-state index contributed by atoms with van der Waals surface area (Å²) >= 11 is 0. The summed E-state index contributed by atoms with van der Waals surface area (Å²) in [5.74, 6) is -12.1. The minimum atomic E-state index is -3.25. The smallest absolute Gasteiger partial charge is 0.320 e. The summed E-state index contributed by atoms with van der Waals surface area (Å²) in [6, 6.07) is 11.5. The van der Waals surface area contributed by atoms with Crippen LogP contribution >= 0.6 is 0 Å². The molecule has 107 heavy (non-hydrogen) atoms. The van der Waals surface area contributed by atoms with Crippen LogP contribution in [0.25, 0.3) is 21.8 Å². The first-order chi connectivity index (χ1) is 51.0. The molecule has 6 aromatic rings. The number of amides is 4. The van der Waals surface area contributed by atoms with E-state index in [2.05, 4.69) is 47.2 Å². The number of rotatable bonds is 38. The molecule has 3 saturated heterocycles. The maximum Gasteiger partial charge on any atom is 0.320 e. The second-order valence-corrected chi connectivity index (χ2v) is 26.3. The lowest BCUT2D eigenvalue weighted by atomic mass is 10.1. The summed E-state index contributed by atoms with van der Waals surface area (Å²) in [5, 5.41) is 81.5. The number of benzene rings is 2. The Bertz CT molecular complexity index is 4260. The van der Waals surface area contributed by atoms with E-state index in [9.17, 15) is 101 Å². The van der Waals surface area contributed by atoms with Gasteiger partial charge in [-0.3, -0.25) is 87.6 Å². The number of nitrogens with zero attached hydrogens (tertiary/aromatic N) is 8. The monoisotopic (exact) mass is 1510 g/mol. The number of nitrogens with one attached hydrogen (secondary N) is 7. The summed E-state index contributed by atoms with van der Waals surface area (Å²) in [4.78, 5) is 156. The van der Waals surface area contributed by atoms with E-state index >= 15 is 0 Å². The topological polar surface area (TPSA) is 457 Å². The van der Waals surface area contributed by atoms with Crippen molar-refractivity contribution in [2.45, 2.75) is 87.9 Å². The van der Waals surface area contributed by atoms with Crippen LogP contribution in [0.2, 0.25) is 0 Å². The summed E-state index contributed by atoms with van der Waals surface area (Å²) in [6.45, 7) is -1.39. The lowest BCUT2D eigenvalue weighted by Crippen LogP contribution is -2.52. The number of aliphatic carboxylic acids is 3. The van der Waals surface area contributed by atoms with Crippen molar-refractivity contribution in [3.63, 3.8) is 0 Å². The first-order valence-corrected chi connectivity index (χ1v) is 34.9. The largest absolute Gasteiger partial charge is 0.494 e. The van der Waals surface area contributed by atoms with Crippen LogP contribution in [0.1, 0.15) is 73.5 Å². The number of carbonyl (C=O) groups excluding carboxylic acids is 4. The highest BCUT2D eigenvalue weighted by atomic mass is 19.3. The number of carbonyl (C=O) groups is 7. The summed E-state index contributed by atoms with van der Waals surface area (Å²) in [7, 11) is 0. The van der Waals surface area contributed by atoms with E-state index in [1.807, 2.05) is 4.90 Å². The third-order valence-electron chi connectivity index (χ3n) is 18.5. The van der Waals surface area contributed by atoms with E-state index in [0.717, 1.165) is 0 Å². The van der Waals surface area contributed by atoms with E-state index in [1.165, 1.54) is 24.5 Å². The number of anilines is 4. The lowest BCUT2D eigenvalue weighted by molar-refractivity contribution is -0.145. The van der Waals surface area contributed by atoms with Crippen molar-refractivity contribution in [2.24, 2.45) is 0 Å². The van der Waals surface area contributed by atoms with Crippen LogP contribution in [-0.2, 0) is 28.8 Å². The summed E-state index contributed by atoms with van der Waals surface area (Å²) < 4.78 is 66.8. The Morgan fingerprint density at radius 2 is 1.02 bits per heavy atom. The van der Waals surface area contributed by atoms with Crippen molar-refractivity contribution in [1.82, 2.24) is 55.3 Å². The Kier molecular flexibility index (Phi) is 28.3. The Balaban J connectivity index is 0.677. The molecule has 0 radical (unpaired) electrons. The summed E-state index contributed by atoms with van der Waals surface area (Å²) in [5.41, 5.74) is -1.29. The third-order valence-corrected chi connectivity index (χ3v) is 18.5. The van der Waals surface area contributed by atoms with Gasteiger partial charge in [0.1, 0.15) is 59.0 Å². The normalized spacial score (nSPS) is 18.2. The molecule has 5 heterocycles. The van der Waals surface area contributed by atoms with Crippen LogP contribution < -0.4 is 68.4 Å². The molecule has 3 aliphatic heterocycles. The molecule has 4 aromatic carbocycles. The van der Waals surface area contributed by atoms with Gasteiger partial charge in [-0.25, -0.2) is 17.6 Å². The van der Waals surface area contributed by atoms with Gasteiger partial charge in [0.05, 0.1) is 81.9 Å². The second-order valence-electron chi connectivity index (χ2n) is 26.3. The standard InChI is InChI=1S/C69H87F4N15O19/c70-68(71)33-51(90)87(39-68)53(92)35-81-65(102)43-11-15-74-47-7-5-41(31-45(43)47)106-29-3-1-13-77-57-59(63(100)61(57)98)79-18-17-76-50(89)10-9-49(67(104)105)86-27-25-84(37-55(94)95)23-21-83(22-24-85(26-28-86)38-56(96)97)20-19-80-60-58(62(99)64(60)101)78-14-2-4-30-107-42-6-8-48-46(32-42)44(12-16-75-48)66(103)82-36-54(93)88-40-69(72,73)34-52(88)91/h5-8,11-12,15-16,31-32,49,51-52,65,77-81,90-91,102H,1-4,9-10,13-14,17-30,33-40H2,(H,76,89)(H,82,103)(H,94,95)(H,96,97)(H,104,105)/t49?,51-,52-,65?/m1/s1. The Morgan fingerprint density at radius 1 is 0.551 bits per heavy atom. The van der Waals surface area contributed by atoms with Crippen molar-refractivity contribution >= 4 is 86.1 Å². The van der Waals surface area contributed by atoms with Gasteiger partial charge in [-0.05, 0) is 80.6 Å². The first-order valence-electron chi connectivity index (χ1n) is 34.9. The van der Waals surface area contributed by atoms with E-state index in [0.29, 0.717) is 74.4 Å². The van der Waals surface area contributed by atoms with Crippen molar-refractivity contribution in [2.75, 3.05) is 165 Å². The highest BCUT2D eigenvalue weighted by molar-refractivity contribution is 6.07. The SMILES string of the molecule is O=C(O)CN1CCN(CCNc2c(NCCCCOc3ccc4nccc(C(=O)NCC(=O)N5CC(F)(F)C[C@H]5O)c4c3)c(=O)c2=O)CCN(CC(=O)O)CCN(C(CCC(=O)NCCNc2c(NCCCCOc3ccc4nccc(C(O)NCC(=O)N5CC(F)(F)C[C@H]5O)c4c3)c(=O)c2=O)C(=O)O)CC1. The molecule has 3 aliphatic rings. The van der Waals surface area contributed by atoms with Crippen molar-refractivity contribution in [3.8, 4) is 11.5 Å². The van der Waals surface area contributed by atoms with E-state index in [4.69, 9.17) is 9.47 Å². The lowest BCUT2D eigenvalue weighted by Gasteiger charge is -2.35. The quantitative estimate of drug-likeness (QED) is 0.0100. The van der Waals surface area contributed by atoms with E-state index in [1.54, 1.807) is 51.1 Å². The zero-order chi connectivity index (χ0) is 77.1. The molecule has 38 heteroatoms. The number of hydrogen-bond donors (Lipinski definition) is 13. The first kappa shape index (κ1) is 81.0. The molecule has 0 spiro atoms. The number of alkyl halides is 4.